The molecule has 0 bridgehead atoms. The van der Waals surface area contributed by atoms with E-state index in [4.69, 9.17) is 0 Å². The van der Waals surface area contributed by atoms with Gasteiger partial charge in [0.05, 0.1) is 6.20 Å². The summed E-state index contributed by atoms with van der Waals surface area (Å²) in [5.74, 6) is 0.436. The van der Waals surface area contributed by atoms with Crippen molar-refractivity contribution in [2.75, 3.05) is 0 Å². The summed E-state index contributed by atoms with van der Waals surface area (Å²) in [6.45, 7) is 1.92. The van der Waals surface area contributed by atoms with Gasteiger partial charge in [-0.2, -0.15) is 15.4 Å². The molecule has 0 fully saturated rings. The van der Waals surface area contributed by atoms with E-state index in [1.807, 2.05) is 6.92 Å². The van der Waals surface area contributed by atoms with Crippen LogP contribution in [0.5, 0.6) is 0 Å². The third kappa shape index (κ3) is 1.30. The van der Waals surface area contributed by atoms with E-state index >= 15 is 0 Å². The molecule has 0 radical (unpaired) electrons. The zero-order valence-corrected chi connectivity index (χ0v) is 7.11. The Morgan fingerprint density at radius 3 is 3.00 bits per heavy atom. The number of aliphatic imine (C=N–C) groups is 1. The smallest absolute Gasteiger partial charge is 0.250 e. The van der Waals surface area contributed by atoms with E-state index in [1.165, 1.54) is 6.20 Å². The van der Waals surface area contributed by atoms with E-state index in [2.05, 4.69) is 25.7 Å². The van der Waals surface area contributed by atoms with E-state index in [-0.39, 0.29) is 11.9 Å². The number of hydrogen-bond acceptors (Lipinski definition) is 4. The van der Waals surface area contributed by atoms with Crippen LogP contribution in [0.15, 0.2) is 11.2 Å². The van der Waals surface area contributed by atoms with Gasteiger partial charge in [0.15, 0.2) is 5.84 Å². The first-order valence-electron chi connectivity index (χ1n) is 4.06. The van der Waals surface area contributed by atoms with Crippen LogP contribution >= 0.6 is 0 Å². The second kappa shape index (κ2) is 2.96. The van der Waals surface area contributed by atoms with Crippen LogP contribution in [0.4, 0.5) is 0 Å². The van der Waals surface area contributed by atoms with Gasteiger partial charge in [-0.3, -0.25) is 9.79 Å². The minimum absolute atomic E-state index is 0.0690. The lowest BCUT2D eigenvalue weighted by Gasteiger charge is -1.95. The quantitative estimate of drug-likeness (QED) is 0.639. The Kier molecular flexibility index (Phi) is 1.80. The van der Waals surface area contributed by atoms with Gasteiger partial charge in [0.25, 0.3) is 0 Å². The molecule has 1 aromatic heterocycles. The van der Waals surface area contributed by atoms with E-state index in [1.54, 1.807) is 0 Å². The molecule has 68 valence electrons. The number of nitrogens with one attached hydrogen (secondary N) is 2. The molecule has 2 rings (SSSR count). The lowest BCUT2D eigenvalue weighted by atomic mass is 10.2. The van der Waals surface area contributed by atoms with Crippen LogP contribution in [-0.4, -0.2) is 33.2 Å². The fraction of sp³-hybridized carbons (Fsp3) is 0.429. The highest BCUT2D eigenvalue weighted by molar-refractivity contribution is 6.12. The molecular weight excluding hydrogens is 170 g/mol. The largest absolute Gasteiger partial charge is 0.307 e. The van der Waals surface area contributed by atoms with Gasteiger partial charge in [0.1, 0.15) is 11.7 Å². The van der Waals surface area contributed by atoms with E-state index in [9.17, 15) is 4.79 Å². The maximum absolute atomic E-state index is 11.2. The Morgan fingerprint density at radius 2 is 2.46 bits per heavy atom. The molecule has 0 aliphatic carbocycles. The zero-order valence-electron chi connectivity index (χ0n) is 7.11. The van der Waals surface area contributed by atoms with Gasteiger partial charge in [-0.25, -0.2) is 0 Å². The van der Waals surface area contributed by atoms with Crippen LogP contribution in [0, 0.1) is 0 Å². The average molecular weight is 179 g/mol. The molecule has 0 saturated heterocycles. The first kappa shape index (κ1) is 7.90. The highest BCUT2D eigenvalue weighted by Crippen LogP contribution is 2.07. The number of H-pyrrole nitrogens is 1. The lowest BCUT2D eigenvalue weighted by Crippen LogP contribution is -2.29. The van der Waals surface area contributed by atoms with Gasteiger partial charge in [0, 0.05) is 0 Å². The topological polar surface area (TPSA) is 83.0 Å². The Morgan fingerprint density at radius 1 is 1.62 bits per heavy atom. The van der Waals surface area contributed by atoms with Crippen LogP contribution in [0.25, 0.3) is 0 Å². The highest BCUT2D eigenvalue weighted by Gasteiger charge is 2.26. The molecule has 2 heterocycles. The predicted molar refractivity (Wildman–Crippen MR) is 45.1 cm³/mol. The number of nitrogens with zero attached hydrogens (tertiary/aromatic N) is 3. The second-order valence-corrected chi connectivity index (χ2v) is 2.75. The summed E-state index contributed by atoms with van der Waals surface area (Å²) >= 11 is 0. The van der Waals surface area contributed by atoms with Crippen LogP contribution in [-0.2, 0) is 4.79 Å². The van der Waals surface area contributed by atoms with Crippen molar-refractivity contribution in [1.29, 1.82) is 0 Å². The second-order valence-electron chi connectivity index (χ2n) is 2.75. The average Bonchev–Trinajstić information content (AvgIpc) is 2.71. The van der Waals surface area contributed by atoms with Crippen molar-refractivity contribution < 1.29 is 4.79 Å². The fourth-order valence-corrected chi connectivity index (χ4v) is 1.17. The molecule has 13 heavy (non-hydrogen) atoms. The molecule has 0 spiro atoms. The number of aromatic amines is 1. The number of amidine groups is 1. The van der Waals surface area contributed by atoms with E-state index in [0.717, 1.165) is 0 Å². The molecule has 1 aliphatic heterocycles. The molecule has 0 aromatic carbocycles. The molecule has 0 saturated carbocycles. The van der Waals surface area contributed by atoms with Gasteiger partial charge >= 0.3 is 0 Å². The van der Waals surface area contributed by atoms with Crippen LogP contribution in [0.2, 0.25) is 0 Å². The number of rotatable bonds is 2. The normalized spacial score (nSPS) is 21.5. The fourth-order valence-electron chi connectivity index (χ4n) is 1.17. The number of aromatic nitrogens is 3. The first-order valence-corrected chi connectivity index (χ1v) is 4.06. The van der Waals surface area contributed by atoms with Crippen molar-refractivity contribution in [3.63, 3.8) is 0 Å². The molecule has 1 aliphatic rings. The van der Waals surface area contributed by atoms with Gasteiger partial charge in [-0.05, 0) is 6.42 Å². The molecule has 1 atom stereocenters. The van der Waals surface area contributed by atoms with Crippen LogP contribution in [0.3, 0.4) is 0 Å². The Balaban J connectivity index is 2.24. The van der Waals surface area contributed by atoms with Gasteiger partial charge in [-0.1, -0.05) is 6.92 Å². The van der Waals surface area contributed by atoms with Gasteiger partial charge < -0.3 is 5.32 Å². The third-order valence-electron chi connectivity index (χ3n) is 1.87. The molecule has 6 heteroatoms. The van der Waals surface area contributed by atoms with Crippen LogP contribution < -0.4 is 5.32 Å². The Bertz CT molecular complexity index is 342. The van der Waals surface area contributed by atoms with Gasteiger partial charge in [-0.15, -0.1) is 0 Å². The molecular formula is C7H9N5O. The minimum atomic E-state index is -0.272. The van der Waals surface area contributed by atoms with Crippen LogP contribution in [0.1, 0.15) is 19.0 Å². The standard InChI is InChI=1S/C7H9N5O/c1-2-4-7(13)10-6(9-4)5-3-8-12-11-5/h3-4H,2H2,1H3,(H,8,11,12)(H,9,10,13). The van der Waals surface area contributed by atoms with Crippen molar-refractivity contribution in [2.24, 2.45) is 4.99 Å². The van der Waals surface area contributed by atoms with Crippen molar-refractivity contribution >= 4 is 11.7 Å². The van der Waals surface area contributed by atoms with E-state index in [0.29, 0.717) is 18.0 Å². The number of carbonyl (C=O) groups is 1. The van der Waals surface area contributed by atoms with Crippen molar-refractivity contribution in [1.82, 2.24) is 20.7 Å². The summed E-state index contributed by atoms with van der Waals surface area (Å²) in [4.78, 5) is 15.4. The van der Waals surface area contributed by atoms with E-state index < -0.39 is 0 Å². The predicted octanol–water partition coefficient (Wildman–Crippen LogP) is -0.540. The SMILES string of the molecule is CCC1N=C(c2cn[nH]n2)NC1=O. The summed E-state index contributed by atoms with van der Waals surface area (Å²) in [5, 5.41) is 12.6. The van der Waals surface area contributed by atoms with Crippen molar-refractivity contribution in [3.05, 3.63) is 11.9 Å². The molecule has 1 amide bonds. The summed E-state index contributed by atoms with van der Waals surface area (Å²) < 4.78 is 0. The summed E-state index contributed by atoms with van der Waals surface area (Å²) in [5.41, 5.74) is 0.573. The monoisotopic (exact) mass is 179 g/mol. The van der Waals surface area contributed by atoms with Crippen molar-refractivity contribution in [3.8, 4) is 0 Å². The van der Waals surface area contributed by atoms with Gasteiger partial charge in [0.2, 0.25) is 5.91 Å². The summed E-state index contributed by atoms with van der Waals surface area (Å²) in [7, 11) is 0. The number of hydrogen-bond donors (Lipinski definition) is 2. The maximum Gasteiger partial charge on any atom is 0.250 e. The molecule has 1 aromatic rings. The highest BCUT2D eigenvalue weighted by atomic mass is 16.2. The summed E-state index contributed by atoms with van der Waals surface area (Å²) in [6, 6.07) is -0.272. The maximum atomic E-state index is 11.2. The lowest BCUT2D eigenvalue weighted by molar-refractivity contribution is -0.120. The molecule has 6 nitrogen and oxygen atoms in total. The first-order chi connectivity index (χ1) is 6.31. The van der Waals surface area contributed by atoms with Crippen molar-refractivity contribution in [2.45, 2.75) is 19.4 Å². The molecule has 1 unspecified atom stereocenters. The number of carbonyl (C=O) groups excluding carboxylic acids is 1. The number of amides is 1. The Labute approximate surface area is 74.4 Å². The zero-order chi connectivity index (χ0) is 9.26. The third-order valence-corrected chi connectivity index (χ3v) is 1.87. The Hall–Kier alpha value is -1.72. The molecule has 2 N–H and O–H groups in total. The minimum Gasteiger partial charge on any atom is -0.307 e. The summed E-state index contributed by atoms with van der Waals surface area (Å²) in [6.07, 6.45) is 2.23.